The van der Waals surface area contributed by atoms with Gasteiger partial charge in [-0.1, -0.05) is 22.0 Å². The molecular formula is C12H11BrN2O2. The first-order chi connectivity index (χ1) is 8.08. The summed E-state index contributed by atoms with van der Waals surface area (Å²) in [5.41, 5.74) is 0.821. The lowest BCUT2D eigenvalue weighted by atomic mass is 10.2. The fourth-order valence-electron chi connectivity index (χ4n) is 1.48. The van der Waals surface area contributed by atoms with Crippen molar-refractivity contribution in [1.82, 2.24) is 4.98 Å². The summed E-state index contributed by atoms with van der Waals surface area (Å²) in [6.45, 7) is 1.58. The molecule has 0 aliphatic rings. The maximum absolute atomic E-state index is 10.7. The summed E-state index contributed by atoms with van der Waals surface area (Å²) in [4.78, 5) is 15.1. The monoisotopic (exact) mass is 294 g/mol. The summed E-state index contributed by atoms with van der Waals surface area (Å²) in [6, 6.07) is 8.74. The minimum absolute atomic E-state index is 0.561. The summed E-state index contributed by atoms with van der Waals surface area (Å²) >= 11 is 3.44. The zero-order chi connectivity index (χ0) is 12.4. The van der Waals surface area contributed by atoms with Crippen LogP contribution in [0.1, 0.15) is 6.92 Å². The molecule has 0 spiro atoms. The van der Waals surface area contributed by atoms with E-state index < -0.39 is 12.0 Å². The van der Waals surface area contributed by atoms with E-state index in [0.717, 1.165) is 15.4 Å². The van der Waals surface area contributed by atoms with Crippen molar-refractivity contribution in [3.63, 3.8) is 0 Å². The number of carboxylic acids is 1. The maximum Gasteiger partial charge on any atom is 0.325 e. The molecule has 1 atom stereocenters. The fourth-order valence-corrected chi connectivity index (χ4v) is 1.97. The Kier molecular flexibility index (Phi) is 3.28. The van der Waals surface area contributed by atoms with Gasteiger partial charge in [0.15, 0.2) is 0 Å². The van der Waals surface area contributed by atoms with E-state index in [1.165, 1.54) is 0 Å². The number of rotatable bonds is 3. The summed E-state index contributed by atoms with van der Waals surface area (Å²) in [7, 11) is 0. The van der Waals surface area contributed by atoms with Gasteiger partial charge in [0.2, 0.25) is 0 Å². The van der Waals surface area contributed by atoms with Crippen molar-refractivity contribution in [3.8, 4) is 0 Å². The second kappa shape index (κ2) is 4.71. The van der Waals surface area contributed by atoms with Gasteiger partial charge in [0.25, 0.3) is 0 Å². The van der Waals surface area contributed by atoms with Crippen molar-refractivity contribution in [1.29, 1.82) is 0 Å². The van der Waals surface area contributed by atoms with E-state index >= 15 is 0 Å². The molecule has 0 amide bonds. The Bertz CT molecular complexity index is 571. The quantitative estimate of drug-likeness (QED) is 0.914. The summed E-state index contributed by atoms with van der Waals surface area (Å²) in [5, 5.41) is 12.6. The number of aliphatic carboxylic acids is 1. The van der Waals surface area contributed by atoms with Crippen LogP contribution in [0.2, 0.25) is 0 Å². The van der Waals surface area contributed by atoms with Crippen LogP contribution in [0.5, 0.6) is 0 Å². The van der Waals surface area contributed by atoms with Gasteiger partial charge in [-0.05, 0) is 31.2 Å². The van der Waals surface area contributed by atoms with E-state index in [1.807, 2.05) is 24.3 Å². The predicted octanol–water partition coefficient (Wildman–Crippen LogP) is 2.88. The van der Waals surface area contributed by atoms with Gasteiger partial charge < -0.3 is 10.4 Å². The number of fused-ring (bicyclic) bond motifs is 1. The molecule has 17 heavy (non-hydrogen) atoms. The molecule has 0 saturated heterocycles. The highest BCUT2D eigenvalue weighted by Crippen LogP contribution is 2.23. The molecule has 1 aromatic carbocycles. The highest BCUT2D eigenvalue weighted by molar-refractivity contribution is 9.10. The van der Waals surface area contributed by atoms with Crippen molar-refractivity contribution in [3.05, 3.63) is 34.8 Å². The van der Waals surface area contributed by atoms with Gasteiger partial charge in [0, 0.05) is 9.86 Å². The van der Waals surface area contributed by atoms with Crippen molar-refractivity contribution in [2.24, 2.45) is 0 Å². The number of hydrogen-bond donors (Lipinski definition) is 2. The maximum atomic E-state index is 10.7. The molecule has 5 heteroatoms. The Morgan fingerprint density at radius 2 is 2.18 bits per heavy atom. The van der Waals surface area contributed by atoms with Crippen molar-refractivity contribution in [2.45, 2.75) is 13.0 Å². The molecule has 2 N–H and O–H groups in total. The number of halogens is 1. The number of hydrogen-bond acceptors (Lipinski definition) is 3. The zero-order valence-corrected chi connectivity index (χ0v) is 10.7. The first-order valence-electron chi connectivity index (χ1n) is 5.12. The largest absolute Gasteiger partial charge is 0.480 e. The molecule has 0 unspecified atom stereocenters. The van der Waals surface area contributed by atoms with Crippen molar-refractivity contribution >= 4 is 38.6 Å². The van der Waals surface area contributed by atoms with Crippen LogP contribution in [0.4, 0.5) is 5.82 Å². The number of benzene rings is 1. The van der Waals surface area contributed by atoms with Gasteiger partial charge >= 0.3 is 5.97 Å². The highest BCUT2D eigenvalue weighted by Gasteiger charge is 2.11. The lowest BCUT2D eigenvalue weighted by molar-refractivity contribution is -0.137. The first-order valence-corrected chi connectivity index (χ1v) is 5.92. The molecule has 0 aliphatic carbocycles. The molecule has 4 nitrogen and oxygen atoms in total. The molecule has 2 aromatic rings. The van der Waals surface area contributed by atoms with Gasteiger partial charge in [-0.25, -0.2) is 4.98 Å². The topological polar surface area (TPSA) is 62.2 Å². The van der Waals surface area contributed by atoms with Crippen molar-refractivity contribution in [2.75, 3.05) is 5.32 Å². The van der Waals surface area contributed by atoms with Gasteiger partial charge in [-0.3, -0.25) is 4.79 Å². The molecule has 0 bridgehead atoms. The van der Waals surface area contributed by atoms with Crippen LogP contribution in [-0.2, 0) is 4.79 Å². The molecule has 0 fully saturated rings. The number of anilines is 1. The molecule has 2 rings (SSSR count). The van der Waals surface area contributed by atoms with Crippen LogP contribution in [0.3, 0.4) is 0 Å². The third kappa shape index (κ3) is 2.55. The Morgan fingerprint density at radius 3 is 2.88 bits per heavy atom. The minimum Gasteiger partial charge on any atom is -0.480 e. The van der Waals surface area contributed by atoms with E-state index in [-0.39, 0.29) is 0 Å². The average Bonchev–Trinajstić information content (AvgIpc) is 2.29. The van der Waals surface area contributed by atoms with E-state index in [0.29, 0.717) is 5.82 Å². The lowest BCUT2D eigenvalue weighted by Gasteiger charge is -2.10. The Labute approximate surface area is 107 Å². The van der Waals surface area contributed by atoms with Crippen LogP contribution < -0.4 is 5.32 Å². The Balaban J connectivity index is 2.35. The number of carbonyl (C=O) groups is 1. The molecular weight excluding hydrogens is 284 g/mol. The first kappa shape index (κ1) is 11.9. The van der Waals surface area contributed by atoms with Crippen LogP contribution in [0.15, 0.2) is 34.8 Å². The summed E-state index contributed by atoms with van der Waals surface area (Å²) in [6.07, 6.45) is 0. The van der Waals surface area contributed by atoms with E-state index in [4.69, 9.17) is 5.11 Å². The Morgan fingerprint density at radius 1 is 1.41 bits per heavy atom. The number of nitrogens with one attached hydrogen (secondary N) is 1. The van der Waals surface area contributed by atoms with Gasteiger partial charge in [-0.2, -0.15) is 0 Å². The molecule has 1 aromatic heterocycles. The average molecular weight is 295 g/mol. The van der Waals surface area contributed by atoms with Crippen LogP contribution >= 0.6 is 15.9 Å². The highest BCUT2D eigenvalue weighted by atomic mass is 79.9. The lowest BCUT2D eigenvalue weighted by Crippen LogP contribution is -2.25. The fraction of sp³-hybridized carbons (Fsp3) is 0.167. The number of aromatic nitrogens is 1. The van der Waals surface area contributed by atoms with E-state index in [9.17, 15) is 4.79 Å². The molecule has 88 valence electrons. The third-order valence-electron chi connectivity index (χ3n) is 2.41. The minimum atomic E-state index is -0.902. The predicted molar refractivity (Wildman–Crippen MR) is 70.2 cm³/mol. The SMILES string of the molecule is C[C@H](Nc1ccc2c(Br)cccc2n1)C(=O)O. The van der Waals surface area contributed by atoms with Crippen LogP contribution in [0, 0.1) is 0 Å². The second-order valence-corrected chi connectivity index (χ2v) is 4.56. The second-order valence-electron chi connectivity index (χ2n) is 3.71. The molecule has 1 heterocycles. The molecule has 0 aliphatic heterocycles. The number of pyridine rings is 1. The van der Waals surface area contributed by atoms with Crippen LogP contribution in [0.25, 0.3) is 10.9 Å². The normalized spacial score (nSPS) is 12.4. The van der Waals surface area contributed by atoms with E-state index in [2.05, 4.69) is 26.2 Å². The number of nitrogens with zero attached hydrogens (tertiary/aromatic N) is 1. The third-order valence-corrected chi connectivity index (χ3v) is 3.10. The van der Waals surface area contributed by atoms with Gasteiger partial charge in [0.05, 0.1) is 5.52 Å². The summed E-state index contributed by atoms with van der Waals surface area (Å²) < 4.78 is 0.973. The van der Waals surface area contributed by atoms with E-state index in [1.54, 1.807) is 13.0 Å². The van der Waals surface area contributed by atoms with Crippen molar-refractivity contribution < 1.29 is 9.90 Å². The van der Waals surface area contributed by atoms with Gasteiger partial charge in [-0.15, -0.1) is 0 Å². The smallest absolute Gasteiger partial charge is 0.325 e. The standard InChI is InChI=1S/C12H11BrN2O2/c1-7(12(16)17)14-11-6-5-8-9(13)3-2-4-10(8)15-11/h2-7H,1H3,(H,14,15)(H,16,17)/t7-/m0/s1. The Hall–Kier alpha value is -1.62. The molecule has 0 saturated carbocycles. The van der Waals surface area contributed by atoms with Gasteiger partial charge in [0.1, 0.15) is 11.9 Å². The number of carboxylic acid groups (broad SMARTS) is 1. The molecule has 0 radical (unpaired) electrons. The van der Waals surface area contributed by atoms with Crippen LogP contribution in [-0.4, -0.2) is 22.1 Å². The summed E-state index contributed by atoms with van der Waals surface area (Å²) in [5.74, 6) is -0.341. The zero-order valence-electron chi connectivity index (χ0n) is 9.14.